The highest BCUT2D eigenvalue weighted by atomic mass is 16.7. The van der Waals surface area contributed by atoms with E-state index in [0.717, 1.165) is 51.4 Å². The average molecular weight is 658 g/mol. The van der Waals surface area contributed by atoms with E-state index in [9.17, 15) is 30.3 Å². The van der Waals surface area contributed by atoms with Crippen LogP contribution in [0.25, 0.3) is 0 Å². The van der Waals surface area contributed by atoms with Gasteiger partial charge in [-0.3, -0.25) is 4.79 Å². The molecule has 0 aromatic carbocycles. The first-order chi connectivity index (χ1) is 22.3. The molecule has 0 radical (unpaired) electrons. The Balaban J connectivity index is 2.42. The van der Waals surface area contributed by atoms with E-state index in [-0.39, 0.29) is 12.5 Å². The molecule has 0 aromatic heterocycles. The number of carbonyl (C=O) groups excluding carboxylic acids is 1. The topological polar surface area (TPSA) is 149 Å². The zero-order chi connectivity index (χ0) is 33.8. The van der Waals surface area contributed by atoms with Crippen molar-refractivity contribution in [1.82, 2.24) is 5.32 Å². The lowest BCUT2D eigenvalue weighted by Crippen LogP contribution is -2.60. The lowest BCUT2D eigenvalue weighted by Gasteiger charge is -2.40. The quantitative estimate of drug-likeness (QED) is 0.0394. The van der Waals surface area contributed by atoms with Crippen molar-refractivity contribution in [2.45, 2.75) is 204 Å². The Hall–Kier alpha value is -1.07. The largest absolute Gasteiger partial charge is 0.394 e. The highest BCUT2D eigenvalue weighted by Crippen LogP contribution is 2.23. The minimum Gasteiger partial charge on any atom is -0.394 e. The van der Waals surface area contributed by atoms with Crippen LogP contribution in [0.5, 0.6) is 0 Å². The number of amides is 1. The second-order valence-electron chi connectivity index (χ2n) is 13.4. The Labute approximate surface area is 280 Å². The molecule has 0 bridgehead atoms. The van der Waals surface area contributed by atoms with Crippen LogP contribution in [-0.4, -0.2) is 87.5 Å². The summed E-state index contributed by atoms with van der Waals surface area (Å²) in [7, 11) is 0. The molecule has 6 N–H and O–H groups in total. The highest BCUT2D eigenvalue weighted by molar-refractivity contribution is 5.76. The summed E-state index contributed by atoms with van der Waals surface area (Å²) in [5, 5.41) is 53.9. The summed E-state index contributed by atoms with van der Waals surface area (Å²) in [6, 6.07) is -0.715. The Bertz CT molecular complexity index is 736. The molecule has 0 aliphatic carbocycles. The molecule has 272 valence electrons. The fourth-order valence-electron chi connectivity index (χ4n) is 5.98. The maximum Gasteiger partial charge on any atom is 0.220 e. The standard InChI is InChI=1S/C37H71NO8/c1-3-5-7-9-11-13-14-15-16-17-19-21-23-25-27-33(41)38-30(31(40)26-24-22-20-18-12-10-8-6-4-2)29-45-37-36(44)35(43)34(42)32(28-39)46-37/h14-15,30-32,34-37,39-40,42-44H,3-13,16-29H2,1-2H3,(H,38,41)/b15-14-. The van der Waals surface area contributed by atoms with E-state index in [4.69, 9.17) is 9.47 Å². The summed E-state index contributed by atoms with van der Waals surface area (Å²) < 4.78 is 11.2. The third kappa shape index (κ3) is 20.3. The maximum atomic E-state index is 12.8. The SMILES string of the molecule is CCCCCCC/C=C\CCCCCCCC(=O)NC(COC1OC(CO)C(O)C(O)C1O)C(O)CCCCCCCCCCC. The van der Waals surface area contributed by atoms with Gasteiger partial charge in [-0.15, -0.1) is 0 Å². The van der Waals surface area contributed by atoms with Crippen molar-refractivity contribution in [2.24, 2.45) is 0 Å². The number of aliphatic hydroxyl groups excluding tert-OH is 5. The molecule has 1 rings (SSSR count). The molecule has 46 heavy (non-hydrogen) atoms. The minimum atomic E-state index is -1.55. The van der Waals surface area contributed by atoms with Crippen molar-refractivity contribution < 1.29 is 39.8 Å². The van der Waals surface area contributed by atoms with Gasteiger partial charge in [0.25, 0.3) is 0 Å². The number of unbranched alkanes of at least 4 members (excludes halogenated alkanes) is 18. The predicted molar refractivity (Wildman–Crippen MR) is 184 cm³/mol. The average Bonchev–Trinajstić information content (AvgIpc) is 3.05. The van der Waals surface area contributed by atoms with Gasteiger partial charge in [0.2, 0.25) is 5.91 Å². The van der Waals surface area contributed by atoms with E-state index < -0.39 is 49.5 Å². The number of hydrogen-bond acceptors (Lipinski definition) is 8. The number of ether oxygens (including phenoxy) is 2. The Morgan fingerprint density at radius 3 is 1.76 bits per heavy atom. The maximum absolute atomic E-state index is 12.8. The van der Waals surface area contributed by atoms with E-state index in [1.54, 1.807) is 0 Å². The van der Waals surface area contributed by atoms with Gasteiger partial charge in [0.05, 0.1) is 25.4 Å². The first-order valence-electron chi connectivity index (χ1n) is 18.9. The lowest BCUT2D eigenvalue weighted by molar-refractivity contribution is -0.302. The van der Waals surface area contributed by atoms with Gasteiger partial charge in [0.15, 0.2) is 6.29 Å². The van der Waals surface area contributed by atoms with Crippen molar-refractivity contribution in [3.8, 4) is 0 Å². The Morgan fingerprint density at radius 1 is 0.717 bits per heavy atom. The van der Waals surface area contributed by atoms with Crippen LogP contribution in [0.4, 0.5) is 0 Å². The molecule has 1 aliphatic rings. The van der Waals surface area contributed by atoms with Crippen molar-refractivity contribution in [1.29, 1.82) is 0 Å². The molecule has 1 aliphatic heterocycles. The minimum absolute atomic E-state index is 0.140. The molecule has 1 heterocycles. The Morgan fingerprint density at radius 2 is 1.22 bits per heavy atom. The van der Waals surface area contributed by atoms with E-state index in [0.29, 0.717) is 12.8 Å². The molecule has 0 aromatic rings. The molecule has 1 fully saturated rings. The molecule has 7 atom stereocenters. The van der Waals surface area contributed by atoms with E-state index in [2.05, 4.69) is 31.3 Å². The van der Waals surface area contributed by atoms with Gasteiger partial charge >= 0.3 is 0 Å². The molecule has 1 saturated heterocycles. The summed E-state index contributed by atoms with van der Waals surface area (Å²) in [6.45, 7) is 3.77. The molecule has 0 spiro atoms. The van der Waals surface area contributed by atoms with Gasteiger partial charge in [0, 0.05) is 6.42 Å². The number of nitrogens with one attached hydrogen (secondary N) is 1. The second kappa shape index (κ2) is 28.9. The van der Waals surface area contributed by atoms with E-state index in [1.807, 2.05) is 0 Å². The van der Waals surface area contributed by atoms with Crippen molar-refractivity contribution in [3.63, 3.8) is 0 Å². The van der Waals surface area contributed by atoms with Crippen LogP contribution in [0.1, 0.15) is 162 Å². The molecule has 9 heteroatoms. The van der Waals surface area contributed by atoms with Crippen LogP contribution in [-0.2, 0) is 14.3 Å². The molecular formula is C37H71NO8. The first-order valence-corrected chi connectivity index (χ1v) is 18.9. The number of hydrogen-bond donors (Lipinski definition) is 6. The van der Waals surface area contributed by atoms with Crippen molar-refractivity contribution in [2.75, 3.05) is 13.2 Å². The fourth-order valence-corrected chi connectivity index (χ4v) is 5.98. The van der Waals surface area contributed by atoms with E-state index in [1.165, 1.54) is 83.5 Å². The van der Waals surface area contributed by atoms with Gasteiger partial charge in [-0.2, -0.15) is 0 Å². The molecular weight excluding hydrogens is 586 g/mol. The summed E-state index contributed by atoms with van der Waals surface area (Å²) in [6.07, 6.45) is 22.2. The summed E-state index contributed by atoms with van der Waals surface area (Å²) in [5.74, 6) is -0.157. The molecule has 9 nitrogen and oxygen atoms in total. The van der Waals surface area contributed by atoms with Gasteiger partial charge < -0.3 is 40.3 Å². The third-order valence-electron chi connectivity index (χ3n) is 9.12. The molecule has 0 saturated carbocycles. The normalized spacial score (nSPS) is 23.2. The van der Waals surface area contributed by atoms with Crippen LogP contribution in [0.3, 0.4) is 0 Å². The van der Waals surface area contributed by atoms with Gasteiger partial charge in [-0.05, 0) is 38.5 Å². The second-order valence-corrected chi connectivity index (χ2v) is 13.4. The van der Waals surface area contributed by atoms with Crippen LogP contribution >= 0.6 is 0 Å². The van der Waals surface area contributed by atoms with Crippen LogP contribution in [0, 0.1) is 0 Å². The van der Waals surface area contributed by atoms with Crippen molar-refractivity contribution in [3.05, 3.63) is 12.2 Å². The molecule has 7 unspecified atom stereocenters. The lowest BCUT2D eigenvalue weighted by atomic mass is 9.99. The first kappa shape index (κ1) is 43.0. The number of carbonyl (C=O) groups is 1. The zero-order valence-corrected chi connectivity index (χ0v) is 29.3. The zero-order valence-electron chi connectivity index (χ0n) is 29.3. The predicted octanol–water partition coefficient (Wildman–Crippen LogP) is 6.22. The highest BCUT2D eigenvalue weighted by Gasteiger charge is 2.44. The van der Waals surface area contributed by atoms with Gasteiger partial charge in [-0.1, -0.05) is 129 Å². The molecule has 1 amide bonds. The van der Waals surface area contributed by atoms with Gasteiger partial charge in [0.1, 0.15) is 24.4 Å². The van der Waals surface area contributed by atoms with Crippen molar-refractivity contribution >= 4 is 5.91 Å². The Kier molecular flexibility index (Phi) is 27.0. The third-order valence-corrected chi connectivity index (χ3v) is 9.12. The van der Waals surface area contributed by atoms with Crippen LogP contribution in [0.2, 0.25) is 0 Å². The number of allylic oxidation sites excluding steroid dienone is 2. The number of rotatable bonds is 30. The van der Waals surface area contributed by atoms with Crippen LogP contribution in [0.15, 0.2) is 12.2 Å². The smallest absolute Gasteiger partial charge is 0.220 e. The number of aliphatic hydroxyl groups is 5. The summed E-state index contributed by atoms with van der Waals surface area (Å²) >= 11 is 0. The summed E-state index contributed by atoms with van der Waals surface area (Å²) in [4.78, 5) is 12.8. The fraction of sp³-hybridized carbons (Fsp3) is 0.919. The van der Waals surface area contributed by atoms with E-state index >= 15 is 0 Å². The monoisotopic (exact) mass is 658 g/mol. The van der Waals surface area contributed by atoms with Crippen LogP contribution < -0.4 is 5.32 Å². The van der Waals surface area contributed by atoms with Gasteiger partial charge in [-0.25, -0.2) is 0 Å². The summed E-state index contributed by atoms with van der Waals surface area (Å²) in [5.41, 5.74) is 0.